The first-order valence-corrected chi connectivity index (χ1v) is 9.74. The number of para-hydroxylation sites is 1. The lowest BCUT2D eigenvalue weighted by Gasteiger charge is -2.49. The number of fused-ring (bicyclic) bond motifs is 1. The minimum absolute atomic E-state index is 0.0727. The van der Waals surface area contributed by atoms with E-state index < -0.39 is 0 Å². The molecule has 0 heterocycles. The molecule has 2 unspecified atom stereocenters. The second-order valence-corrected chi connectivity index (χ2v) is 7.55. The van der Waals surface area contributed by atoms with Gasteiger partial charge in [0.25, 0.3) is 0 Å². The number of benzene rings is 3. The first-order valence-electron chi connectivity index (χ1n) is 9.74. The zero-order valence-corrected chi connectivity index (χ0v) is 15.3. The van der Waals surface area contributed by atoms with Gasteiger partial charge in [0.1, 0.15) is 5.75 Å². The van der Waals surface area contributed by atoms with E-state index in [2.05, 4.69) is 55.5 Å². The van der Waals surface area contributed by atoms with Crippen molar-refractivity contribution in [3.05, 3.63) is 101 Å². The third-order valence-corrected chi connectivity index (χ3v) is 6.29. The van der Waals surface area contributed by atoms with Gasteiger partial charge in [-0.2, -0.15) is 0 Å². The number of ether oxygens (including phenoxy) is 1. The van der Waals surface area contributed by atoms with Crippen LogP contribution >= 0.6 is 0 Å². The first-order chi connectivity index (χ1) is 13.3. The fourth-order valence-electron chi connectivity index (χ4n) is 5.27. The zero-order chi connectivity index (χ0) is 18.4. The largest absolute Gasteiger partial charge is 0.426 e. The Balaban J connectivity index is 1.64. The van der Waals surface area contributed by atoms with Crippen LogP contribution in [0.1, 0.15) is 47.4 Å². The van der Waals surface area contributed by atoms with Gasteiger partial charge in [0, 0.05) is 11.8 Å². The normalized spacial score (nSPS) is 24.8. The summed E-state index contributed by atoms with van der Waals surface area (Å²) in [5.41, 5.74) is 5.36. The van der Waals surface area contributed by atoms with Gasteiger partial charge in [0.2, 0.25) is 0 Å². The molecular weight excluding hydrogens is 332 g/mol. The summed E-state index contributed by atoms with van der Waals surface area (Å²) in [5, 5.41) is 0. The summed E-state index contributed by atoms with van der Waals surface area (Å²) in [6.07, 6.45) is 0.957. The average molecular weight is 354 g/mol. The molecule has 3 aliphatic carbocycles. The standard InChI is InChI=1S/C25H22O2/c1-2-17-22-18-12-6-8-14-20(18)23(21-15-9-7-13-19(21)22)24(17)25(26)27-16-10-4-3-5-11-16/h3-15,17,22-24H,2H2,1H3. The van der Waals surface area contributed by atoms with Crippen molar-refractivity contribution in [3.63, 3.8) is 0 Å². The predicted molar refractivity (Wildman–Crippen MR) is 106 cm³/mol. The summed E-state index contributed by atoms with van der Waals surface area (Å²) in [7, 11) is 0. The lowest BCUT2D eigenvalue weighted by Crippen LogP contribution is -2.44. The smallest absolute Gasteiger partial charge is 0.315 e. The highest BCUT2D eigenvalue weighted by atomic mass is 16.5. The lowest BCUT2D eigenvalue weighted by atomic mass is 9.53. The van der Waals surface area contributed by atoms with Gasteiger partial charge >= 0.3 is 5.97 Å². The molecule has 3 aromatic rings. The van der Waals surface area contributed by atoms with Crippen LogP contribution in [0.3, 0.4) is 0 Å². The molecule has 0 N–H and O–H groups in total. The predicted octanol–water partition coefficient (Wildman–Crippen LogP) is 5.53. The van der Waals surface area contributed by atoms with E-state index in [9.17, 15) is 4.79 Å². The van der Waals surface area contributed by atoms with Gasteiger partial charge in [-0.25, -0.2) is 0 Å². The Morgan fingerprint density at radius 3 is 1.74 bits per heavy atom. The maximum absolute atomic E-state index is 13.3. The van der Waals surface area contributed by atoms with Gasteiger partial charge in [-0.15, -0.1) is 0 Å². The van der Waals surface area contributed by atoms with E-state index in [0.717, 1.165) is 6.42 Å². The second-order valence-electron chi connectivity index (χ2n) is 7.55. The van der Waals surface area contributed by atoms with Crippen molar-refractivity contribution in [1.82, 2.24) is 0 Å². The van der Waals surface area contributed by atoms with E-state index in [1.165, 1.54) is 22.3 Å². The van der Waals surface area contributed by atoms with Crippen LogP contribution in [0.4, 0.5) is 0 Å². The van der Waals surface area contributed by atoms with E-state index in [4.69, 9.17) is 4.74 Å². The highest BCUT2D eigenvalue weighted by molar-refractivity contribution is 5.80. The van der Waals surface area contributed by atoms with Gasteiger partial charge in [0.05, 0.1) is 5.92 Å². The van der Waals surface area contributed by atoms with E-state index in [-0.39, 0.29) is 29.6 Å². The van der Waals surface area contributed by atoms with Crippen molar-refractivity contribution in [2.75, 3.05) is 0 Å². The Bertz CT molecular complexity index is 944. The number of carbonyl (C=O) groups excluding carboxylic acids is 1. The number of hydrogen-bond donors (Lipinski definition) is 0. The minimum atomic E-state index is -0.148. The summed E-state index contributed by atoms with van der Waals surface area (Å²) in [4.78, 5) is 13.3. The van der Waals surface area contributed by atoms with Crippen molar-refractivity contribution < 1.29 is 9.53 Å². The fourth-order valence-corrected chi connectivity index (χ4v) is 5.27. The van der Waals surface area contributed by atoms with E-state index in [1.807, 2.05) is 30.3 Å². The Labute approximate surface area is 159 Å². The number of carbonyl (C=O) groups is 1. The Kier molecular flexibility index (Phi) is 3.86. The molecule has 2 atom stereocenters. The molecule has 2 nitrogen and oxygen atoms in total. The molecule has 3 aliphatic rings. The third-order valence-electron chi connectivity index (χ3n) is 6.29. The number of hydrogen-bond acceptors (Lipinski definition) is 2. The molecular formula is C25H22O2. The summed E-state index contributed by atoms with van der Waals surface area (Å²) in [6, 6.07) is 26.7. The highest BCUT2D eigenvalue weighted by Gasteiger charge is 2.52. The summed E-state index contributed by atoms with van der Waals surface area (Å²) in [6.45, 7) is 2.19. The molecule has 6 rings (SSSR count). The van der Waals surface area contributed by atoms with Crippen molar-refractivity contribution in [3.8, 4) is 5.75 Å². The summed E-state index contributed by atoms with van der Waals surface area (Å²) in [5.74, 6) is 0.970. The van der Waals surface area contributed by atoms with Crippen LogP contribution in [0.2, 0.25) is 0 Å². The molecule has 0 fully saturated rings. The molecule has 2 bridgehead atoms. The van der Waals surface area contributed by atoms with Crippen LogP contribution in [-0.4, -0.2) is 5.97 Å². The van der Waals surface area contributed by atoms with Crippen LogP contribution in [0.25, 0.3) is 0 Å². The van der Waals surface area contributed by atoms with Crippen LogP contribution in [-0.2, 0) is 4.79 Å². The van der Waals surface area contributed by atoms with E-state index in [1.54, 1.807) is 0 Å². The fraction of sp³-hybridized carbons (Fsp3) is 0.240. The highest BCUT2D eigenvalue weighted by Crippen LogP contribution is 2.59. The molecule has 0 saturated carbocycles. The SMILES string of the molecule is CCC1C2c3ccccc3C(c3ccccc32)C1C(=O)Oc1ccccc1. The number of esters is 1. The van der Waals surface area contributed by atoms with Crippen molar-refractivity contribution in [1.29, 1.82) is 0 Å². The van der Waals surface area contributed by atoms with Gasteiger partial charge < -0.3 is 4.74 Å². The van der Waals surface area contributed by atoms with Gasteiger partial charge in [-0.05, 0) is 40.3 Å². The third kappa shape index (κ3) is 2.43. The average Bonchev–Trinajstić information content (AvgIpc) is 2.73. The first kappa shape index (κ1) is 16.3. The lowest BCUT2D eigenvalue weighted by molar-refractivity contribution is -0.142. The van der Waals surface area contributed by atoms with Crippen molar-refractivity contribution in [2.24, 2.45) is 11.8 Å². The Hall–Kier alpha value is -2.87. The number of rotatable bonds is 3. The minimum Gasteiger partial charge on any atom is -0.426 e. The topological polar surface area (TPSA) is 26.3 Å². The van der Waals surface area contributed by atoms with Crippen LogP contribution in [0.15, 0.2) is 78.9 Å². The maximum atomic E-state index is 13.3. The molecule has 0 radical (unpaired) electrons. The van der Waals surface area contributed by atoms with Crippen molar-refractivity contribution in [2.45, 2.75) is 25.2 Å². The summed E-state index contributed by atoms with van der Waals surface area (Å²) >= 11 is 0. The molecule has 0 spiro atoms. The Morgan fingerprint density at radius 1 is 0.741 bits per heavy atom. The molecule has 0 aliphatic heterocycles. The van der Waals surface area contributed by atoms with Crippen LogP contribution < -0.4 is 4.74 Å². The molecule has 3 aromatic carbocycles. The van der Waals surface area contributed by atoms with E-state index in [0.29, 0.717) is 5.75 Å². The van der Waals surface area contributed by atoms with Gasteiger partial charge in [-0.3, -0.25) is 4.79 Å². The monoisotopic (exact) mass is 354 g/mol. The van der Waals surface area contributed by atoms with Crippen LogP contribution in [0, 0.1) is 11.8 Å². The Morgan fingerprint density at radius 2 is 1.22 bits per heavy atom. The zero-order valence-electron chi connectivity index (χ0n) is 15.3. The van der Waals surface area contributed by atoms with Crippen molar-refractivity contribution >= 4 is 5.97 Å². The maximum Gasteiger partial charge on any atom is 0.315 e. The molecule has 27 heavy (non-hydrogen) atoms. The van der Waals surface area contributed by atoms with Crippen LogP contribution in [0.5, 0.6) is 5.75 Å². The molecule has 2 heteroatoms. The second kappa shape index (κ2) is 6.38. The molecule has 0 saturated heterocycles. The molecule has 0 amide bonds. The molecule has 0 aromatic heterocycles. The summed E-state index contributed by atoms with van der Waals surface area (Å²) < 4.78 is 5.83. The van der Waals surface area contributed by atoms with Gasteiger partial charge in [-0.1, -0.05) is 80.1 Å². The van der Waals surface area contributed by atoms with E-state index >= 15 is 0 Å². The molecule has 134 valence electrons. The quantitative estimate of drug-likeness (QED) is 0.457. The van der Waals surface area contributed by atoms with Gasteiger partial charge in [0.15, 0.2) is 0 Å².